The summed E-state index contributed by atoms with van der Waals surface area (Å²) in [7, 11) is 0. The maximum atomic E-state index is 12.1. The second kappa shape index (κ2) is 4.93. The molecule has 3 aromatic rings. The average molecular weight is 266 g/mol. The monoisotopic (exact) mass is 266 g/mol. The molecule has 0 aliphatic heterocycles. The summed E-state index contributed by atoms with van der Waals surface area (Å²) in [6.07, 6.45) is 0. The van der Waals surface area contributed by atoms with Crippen LogP contribution in [-0.2, 0) is 0 Å². The summed E-state index contributed by atoms with van der Waals surface area (Å²) in [6, 6.07) is 15.4. The van der Waals surface area contributed by atoms with Gasteiger partial charge < -0.3 is 0 Å². The van der Waals surface area contributed by atoms with Crippen LogP contribution >= 0.6 is 0 Å². The quantitative estimate of drug-likeness (QED) is 0.755. The van der Waals surface area contributed by atoms with Gasteiger partial charge in [0.05, 0.1) is 5.39 Å². The first-order chi connectivity index (χ1) is 9.75. The maximum absolute atomic E-state index is 12.1. The van der Waals surface area contributed by atoms with Crippen molar-refractivity contribution in [3.63, 3.8) is 0 Å². The van der Waals surface area contributed by atoms with Crippen molar-refractivity contribution in [3.8, 4) is 0 Å². The Morgan fingerprint density at radius 3 is 2.50 bits per heavy atom. The number of nitrogens with zero attached hydrogens (tertiary/aromatic N) is 3. The molecule has 0 saturated carbocycles. The van der Waals surface area contributed by atoms with Crippen molar-refractivity contribution < 1.29 is 4.79 Å². The number of carbonyl (C=O) groups is 1. The minimum atomic E-state index is -0.419. The lowest BCUT2D eigenvalue weighted by Crippen LogP contribution is -2.35. The molecule has 0 fully saturated rings. The van der Waals surface area contributed by atoms with Crippen LogP contribution in [0, 0.1) is 0 Å². The molecule has 0 bridgehead atoms. The number of nitrogens with one attached hydrogen (secondary N) is 1. The molecule has 0 atom stereocenters. The Labute approximate surface area is 113 Å². The highest BCUT2D eigenvalue weighted by molar-refractivity contribution is 5.99. The third kappa shape index (κ3) is 2.14. The van der Waals surface area contributed by atoms with Gasteiger partial charge in [-0.3, -0.25) is 9.59 Å². The number of aromatic nitrogens is 3. The van der Waals surface area contributed by atoms with Gasteiger partial charge >= 0.3 is 0 Å². The van der Waals surface area contributed by atoms with E-state index >= 15 is 0 Å². The first-order valence-corrected chi connectivity index (χ1v) is 5.97. The van der Waals surface area contributed by atoms with E-state index in [-0.39, 0.29) is 0 Å². The molecule has 1 amide bonds. The number of carbonyl (C=O) groups excluding carboxylic acids is 1. The van der Waals surface area contributed by atoms with Crippen LogP contribution in [0.25, 0.3) is 10.9 Å². The smallest absolute Gasteiger partial charge is 0.267 e. The second-order valence-electron chi connectivity index (χ2n) is 4.13. The lowest BCUT2D eigenvalue weighted by molar-refractivity contribution is 0.100. The molecule has 1 aromatic heterocycles. The number of fused-ring (bicyclic) bond motifs is 1. The normalized spacial score (nSPS) is 10.4. The Bertz CT molecular complexity index is 827. The number of hydrogen-bond acceptors (Lipinski definition) is 4. The zero-order chi connectivity index (χ0) is 13.9. The van der Waals surface area contributed by atoms with Crippen LogP contribution < -0.4 is 11.0 Å². The molecule has 0 saturated heterocycles. The van der Waals surface area contributed by atoms with Crippen LogP contribution in [-0.4, -0.2) is 21.0 Å². The molecule has 6 heteroatoms. The van der Waals surface area contributed by atoms with E-state index < -0.39 is 11.5 Å². The van der Waals surface area contributed by atoms with Gasteiger partial charge in [-0.15, -0.1) is 9.89 Å². The molecular weight excluding hydrogens is 256 g/mol. The lowest BCUT2D eigenvalue weighted by Gasteiger charge is -2.06. The highest BCUT2D eigenvalue weighted by atomic mass is 16.2. The Morgan fingerprint density at radius 1 is 1.00 bits per heavy atom. The Kier molecular flexibility index (Phi) is 2.96. The van der Waals surface area contributed by atoms with E-state index in [2.05, 4.69) is 15.7 Å². The van der Waals surface area contributed by atoms with Crippen LogP contribution in [0.2, 0.25) is 0 Å². The molecule has 0 spiro atoms. The third-order valence-electron chi connectivity index (χ3n) is 2.81. The molecule has 6 nitrogen and oxygen atoms in total. The summed E-state index contributed by atoms with van der Waals surface area (Å²) in [5, 5.41) is 7.98. The topological polar surface area (TPSA) is 76.9 Å². The molecule has 98 valence electrons. The maximum Gasteiger partial charge on any atom is 0.297 e. The summed E-state index contributed by atoms with van der Waals surface area (Å²) in [5.74, 6) is -0.419. The lowest BCUT2D eigenvalue weighted by atomic mass is 10.2. The van der Waals surface area contributed by atoms with E-state index in [0.717, 1.165) is 4.79 Å². The molecule has 0 aliphatic rings. The fourth-order valence-corrected chi connectivity index (χ4v) is 1.81. The van der Waals surface area contributed by atoms with Crippen LogP contribution in [0.1, 0.15) is 10.4 Å². The summed E-state index contributed by atoms with van der Waals surface area (Å²) >= 11 is 0. The number of benzene rings is 2. The van der Waals surface area contributed by atoms with Crippen molar-refractivity contribution in [2.45, 2.75) is 0 Å². The average Bonchev–Trinajstić information content (AvgIpc) is 2.51. The first-order valence-electron chi connectivity index (χ1n) is 5.97. The summed E-state index contributed by atoms with van der Waals surface area (Å²) in [5.41, 5.74) is 2.92. The van der Waals surface area contributed by atoms with Crippen molar-refractivity contribution >= 4 is 16.8 Å². The second-order valence-corrected chi connectivity index (χ2v) is 4.13. The van der Waals surface area contributed by atoms with Crippen molar-refractivity contribution in [2.75, 3.05) is 5.43 Å². The van der Waals surface area contributed by atoms with E-state index in [1.165, 1.54) is 0 Å². The van der Waals surface area contributed by atoms with Crippen molar-refractivity contribution in [3.05, 3.63) is 70.5 Å². The molecule has 20 heavy (non-hydrogen) atoms. The molecule has 1 N–H and O–H groups in total. The Hall–Kier alpha value is -3.02. The van der Waals surface area contributed by atoms with Gasteiger partial charge in [0.25, 0.3) is 11.5 Å². The minimum absolute atomic E-state index is 0.399. The van der Waals surface area contributed by atoms with Gasteiger partial charge in [-0.1, -0.05) is 30.3 Å². The van der Waals surface area contributed by atoms with Gasteiger partial charge in [0.15, 0.2) is 0 Å². The predicted octanol–water partition coefficient (Wildman–Crippen LogP) is 1.18. The van der Waals surface area contributed by atoms with Crippen molar-refractivity contribution in [2.24, 2.45) is 0 Å². The van der Waals surface area contributed by atoms with Crippen LogP contribution in [0.5, 0.6) is 0 Å². The largest absolute Gasteiger partial charge is 0.297 e. The van der Waals surface area contributed by atoms with Crippen LogP contribution in [0.3, 0.4) is 0 Å². The summed E-state index contributed by atoms with van der Waals surface area (Å²) < 4.78 is 0. The zero-order valence-corrected chi connectivity index (χ0v) is 10.4. The first kappa shape index (κ1) is 12.0. The molecule has 2 aromatic carbocycles. The highest BCUT2D eigenvalue weighted by Crippen LogP contribution is 2.03. The number of amides is 1. The molecule has 0 unspecified atom stereocenters. The van der Waals surface area contributed by atoms with E-state index in [9.17, 15) is 9.59 Å². The summed E-state index contributed by atoms with van der Waals surface area (Å²) in [4.78, 5) is 24.9. The zero-order valence-electron chi connectivity index (χ0n) is 10.4. The van der Waals surface area contributed by atoms with Crippen molar-refractivity contribution in [1.82, 2.24) is 15.1 Å². The Morgan fingerprint density at radius 2 is 1.70 bits per heavy atom. The fraction of sp³-hybridized carbons (Fsp3) is 0. The summed E-state index contributed by atoms with van der Waals surface area (Å²) in [6.45, 7) is 0. The predicted molar refractivity (Wildman–Crippen MR) is 73.9 cm³/mol. The van der Waals surface area contributed by atoms with Gasteiger partial charge in [0.2, 0.25) is 0 Å². The molecule has 0 aliphatic carbocycles. The Balaban J connectivity index is 1.98. The molecular formula is C14H10N4O2. The standard InChI is InChI=1S/C14H10N4O2/c19-13(10-6-2-1-3-7-10)16-18-14(20)11-8-4-5-9-12(11)15-17-18/h1-9H,(H,16,19). The molecule has 0 radical (unpaired) electrons. The number of hydrogen-bond donors (Lipinski definition) is 1. The molecule has 1 heterocycles. The van der Waals surface area contributed by atoms with Crippen molar-refractivity contribution in [1.29, 1.82) is 0 Å². The van der Waals surface area contributed by atoms with Crippen LogP contribution in [0.4, 0.5) is 0 Å². The SMILES string of the molecule is O=C(Nn1nnc2ccccc2c1=O)c1ccccc1. The minimum Gasteiger partial charge on any atom is -0.267 e. The van der Waals surface area contributed by atoms with Crippen LogP contribution in [0.15, 0.2) is 59.4 Å². The van der Waals surface area contributed by atoms with E-state index in [0.29, 0.717) is 16.5 Å². The molecule has 3 rings (SSSR count). The van der Waals surface area contributed by atoms with E-state index in [1.54, 1.807) is 54.6 Å². The van der Waals surface area contributed by atoms with Gasteiger partial charge in [0, 0.05) is 5.56 Å². The fourth-order valence-electron chi connectivity index (χ4n) is 1.81. The van der Waals surface area contributed by atoms with Gasteiger partial charge in [-0.25, -0.2) is 5.43 Å². The van der Waals surface area contributed by atoms with Gasteiger partial charge in [0.1, 0.15) is 5.52 Å². The van der Waals surface area contributed by atoms with E-state index in [1.807, 2.05) is 0 Å². The van der Waals surface area contributed by atoms with Gasteiger partial charge in [-0.05, 0) is 29.5 Å². The highest BCUT2D eigenvalue weighted by Gasteiger charge is 2.09. The number of rotatable bonds is 2. The van der Waals surface area contributed by atoms with Gasteiger partial charge in [-0.2, -0.15) is 0 Å². The van der Waals surface area contributed by atoms with E-state index in [4.69, 9.17) is 0 Å². The third-order valence-corrected chi connectivity index (χ3v) is 2.81.